The van der Waals surface area contributed by atoms with E-state index in [1.807, 2.05) is 0 Å². The monoisotopic (exact) mass is 195 g/mol. The van der Waals surface area contributed by atoms with Crippen LogP contribution in [0.3, 0.4) is 0 Å². The smallest absolute Gasteiger partial charge is 0.0164 e. The Morgan fingerprint density at radius 3 is 2.36 bits per heavy atom. The van der Waals surface area contributed by atoms with E-state index in [0.29, 0.717) is 0 Å². The summed E-state index contributed by atoms with van der Waals surface area (Å²) in [4.78, 5) is 0. The zero-order valence-electron chi connectivity index (χ0n) is 9.81. The van der Waals surface area contributed by atoms with Crippen LogP contribution in [-0.4, -0.2) is 12.6 Å². The van der Waals surface area contributed by atoms with Gasteiger partial charge in [0.25, 0.3) is 0 Å². The summed E-state index contributed by atoms with van der Waals surface area (Å²) >= 11 is 0. The highest BCUT2D eigenvalue weighted by molar-refractivity contribution is 4.96. The van der Waals surface area contributed by atoms with Crippen LogP contribution < -0.4 is 5.32 Å². The van der Waals surface area contributed by atoms with Crippen molar-refractivity contribution in [3.8, 4) is 0 Å². The number of hydrogen-bond donors (Lipinski definition) is 1. The average molecular weight is 195 g/mol. The van der Waals surface area contributed by atoms with Crippen LogP contribution in [0.25, 0.3) is 0 Å². The SMILES string of the molecule is C=C(CC)CNC1CCC(CC)CC1. The van der Waals surface area contributed by atoms with Crippen LogP contribution in [0.1, 0.15) is 52.4 Å². The van der Waals surface area contributed by atoms with Gasteiger partial charge in [-0.2, -0.15) is 0 Å². The Balaban J connectivity index is 2.13. The molecule has 0 aromatic carbocycles. The van der Waals surface area contributed by atoms with Crippen LogP contribution in [-0.2, 0) is 0 Å². The third-order valence-corrected chi connectivity index (χ3v) is 3.56. The van der Waals surface area contributed by atoms with Crippen molar-refractivity contribution in [1.82, 2.24) is 5.32 Å². The third kappa shape index (κ3) is 3.83. The maximum Gasteiger partial charge on any atom is 0.0164 e. The van der Waals surface area contributed by atoms with Crippen LogP contribution in [0.2, 0.25) is 0 Å². The lowest BCUT2D eigenvalue weighted by atomic mass is 9.84. The fourth-order valence-electron chi connectivity index (χ4n) is 2.19. The molecular weight excluding hydrogens is 170 g/mol. The molecule has 0 aromatic rings. The molecule has 0 spiro atoms. The molecule has 1 heteroatoms. The Kier molecular flexibility index (Phi) is 5.24. The zero-order chi connectivity index (χ0) is 10.4. The van der Waals surface area contributed by atoms with E-state index in [4.69, 9.17) is 0 Å². The summed E-state index contributed by atoms with van der Waals surface area (Å²) in [5.74, 6) is 1.00. The summed E-state index contributed by atoms with van der Waals surface area (Å²) < 4.78 is 0. The van der Waals surface area contributed by atoms with Gasteiger partial charge in [-0.15, -0.1) is 0 Å². The maximum absolute atomic E-state index is 4.03. The summed E-state index contributed by atoms with van der Waals surface area (Å²) in [5.41, 5.74) is 1.34. The zero-order valence-corrected chi connectivity index (χ0v) is 9.81. The van der Waals surface area contributed by atoms with Gasteiger partial charge < -0.3 is 5.32 Å². The summed E-state index contributed by atoms with van der Waals surface area (Å²) in [6.07, 6.45) is 8.07. The highest BCUT2D eigenvalue weighted by Gasteiger charge is 2.18. The van der Waals surface area contributed by atoms with E-state index in [0.717, 1.165) is 24.9 Å². The van der Waals surface area contributed by atoms with Gasteiger partial charge in [0.15, 0.2) is 0 Å². The molecular formula is C13H25N. The predicted molar refractivity (Wildman–Crippen MR) is 63.5 cm³/mol. The lowest BCUT2D eigenvalue weighted by Crippen LogP contribution is -2.34. The van der Waals surface area contributed by atoms with Gasteiger partial charge in [0, 0.05) is 12.6 Å². The molecule has 1 saturated carbocycles. The molecule has 0 amide bonds. The van der Waals surface area contributed by atoms with Crippen LogP contribution in [0.15, 0.2) is 12.2 Å². The van der Waals surface area contributed by atoms with Crippen LogP contribution >= 0.6 is 0 Å². The van der Waals surface area contributed by atoms with Gasteiger partial charge in [-0.1, -0.05) is 32.4 Å². The first kappa shape index (κ1) is 11.8. The van der Waals surface area contributed by atoms with Gasteiger partial charge in [-0.25, -0.2) is 0 Å². The Morgan fingerprint density at radius 1 is 1.21 bits per heavy atom. The first-order chi connectivity index (χ1) is 6.76. The lowest BCUT2D eigenvalue weighted by molar-refractivity contribution is 0.290. The predicted octanol–water partition coefficient (Wildman–Crippen LogP) is 3.51. The van der Waals surface area contributed by atoms with Gasteiger partial charge in [-0.05, 0) is 38.0 Å². The second-order valence-corrected chi connectivity index (χ2v) is 4.61. The molecule has 1 fully saturated rings. The summed E-state index contributed by atoms with van der Waals surface area (Å²) in [7, 11) is 0. The molecule has 14 heavy (non-hydrogen) atoms. The summed E-state index contributed by atoms with van der Waals surface area (Å²) in [6.45, 7) is 9.55. The molecule has 1 N–H and O–H groups in total. The first-order valence-corrected chi connectivity index (χ1v) is 6.16. The molecule has 0 unspecified atom stereocenters. The second kappa shape index (κ2) is 6.23. The van der Waals surface area contributed by atoms with Crippen molar-refractivity contribution in [2.24, 2.45) is 5.92 Å². The molecule has 0 aliphatic heterocycles. The third-order valence-electron chi connectivity index (χ3n) is 3.56. The van der Waals surface area contributed by atoms with Gasteiger partial charge in [0.05, 0.1) is 0 Å². The van der Waals surface area contributed by atoms with Gasteiger partial charge in [0.2, 0.25) is 0 Å². The van der Waals surface area contributed by atoms with E-state index in [1.165, 1.54) is 37.7 Å². The highest BCUT2D eigenvalue weighted by atomic mass is 14.9. The second-order valence-electron chi connectivity index (χ2n) is 4.61. The van der Waals surface area contributed by atoms with E-state index in [1.54, 1.807) is 0 Å². The first-order valence-electron chi connectivity index (χ1n) is 6.16. The summed E-state index contributed by atoms with van der Waals surface area (Å²) in [5, 5.41) is 3.62. The van der Waals surface area contributed by atoms with E-state index in [2.05, 4.69) is 25.7 Å². The van der Waals surface area contributed by atoms with Crippen molar-refractivity contribution < 1.29 is 0 Å². The Bertz CT molecular complexity index is 166. The van der Waals surface area contributed by atoms with Gasteiger partial charge in [-0.3, -0.25) is 0 Å². The summed E-state index contributed by atoms with van der Waals surface area (Å²) in [6, 6.07) is 0.765. The van der Waals surface area contributed by atoms with Crippen molar-refractivity contribution >= 4 is 0 Å². The lowest BCUT2D eigenvalue weighted by Gasteiger charge is -2.28. The van der Waals surface area contributed by atoms with E-state index < -0.39 is 0 Å². The molecule has 0 radical (unpaired) electrons. The minimum Gasteiger partial charge on any atom is -0.310 e. The Morgan fingerprint density at radius 2 is 1.86 bits per heavy atom. The average Bonchev–Trinajstić information content (AvgIpc) is 2.26. The molecule has 0 saturated heterocycles. The molecule has 1 nitrogen and oxygen atoms in total. The maximum atomic E-state index is 4.03. The number of rotatable bonds is 5. The van der Waals surface area contributed by atoms with Crippen molar-refractivity contribution in [1.29, 1.82) is 0 Å². The highest BCUT2D eigenvalue weighted by Crippen LogP contribution is 2.26. The Hall–Kier alpha value is -0.300. The van der Waals surface area contributed by atoms with E-state index >= 15 is 0 Å². The quantitative estimate of drug-likeness (QED) is 0.662. The van der Waals surface area contributed by atoms with Gasteiger partial charge >= 0.3 is 0 Å². The minimum absolute atomic E-state index is 0.765. The van der Waals surface area contributed by atoms with Crippen molar-refractivity contribution in [3.05, 3.63) is 12.2 Å². The topological polar surface area (TPSA) is 12.0 Å². The van der Waals surface area contributed by atoms with Crippen LogP contribution in [0, 0.1) is 5.92 Å². The molecule has 1 rings (SSSR count). The fraction of sp³-hybridized carbons (Fsp3) is 0.846. The standard InChI is InChI=1S/C13H25N/c1-4-11(3)10-14-13-8-6-12(5-2)7-9-13/h12-14H,3-10H2,1-2H3. The van der Waals surface area contributed by atoms with E-state index in [-0.39, 0.29) is 0 Å². The fourth-order valence-corrected chi connectivity index (χ4v) is 2.19. The molecule has 0 bridgehead atoms. The normalized spacial score (nSPS) is 27.6. The minimum atomic E-state index is 0.765. The van der Waals surface area contributed by atoms with Crippen molar-refractivity contribution in [3.63, 3.8) is 0 Å². The van der Waals surface area contributed by atoms with Crippen LogP contribution in [0.5, 0.6) is 0 Å². The number of hydrogen-bond acceptors (Lipinski definition) is 1. The molecule has 82 valence electrons. The molecule has 0 atom stereocenters. The molecule has 1 aliphatic carbocycles. The Labute approximate surface area is 89.0 Å². The molecule has 0 heterocycles. The van der Waals surface area contributed by atoms with E-state index in [9.17, 15) is 0 Å². The molecule has 0 aromatic heterocycles. The number of nitrogens with one attached hydrogen (secondary N) is 1. The van der Waals surface area contributed by atoms with Crippen LogP contribution in [0.4, 0.5) is 0 Å². The van der Waals surface area contributed by atoms with Gasteiger partial charge in [0.1, 0.15) is 0 Å². The largest absolute Gasteiger partial charge is 0.310 e. The molecule has 1 aliphatic rings. The van der Waals surface area contributed by atoms with Crippen molar-refractivity contribution in [2.75, 3.05) is 6.54 Å². The van der Waals surface area contributed by atoms with Crippen molar-refractivity contribution in [2.45, 2.75) is 58.4 Å².